The third-order valence-electron chi connectivity index (χ3n) is 2.68. The average molecular weight is 298 g/mol. The molecule has 2 aromatic carbocycles. The van der Waals surface area contributed by atoms with E-state index in [4.69, 9.17) is 5.73 Å². The molecule has 7 heteroatoms. The van der Waals surface area contributed by atoms with Crippen molar-refractivity contribution >= 4 is 21.4 Å². The summed E-state index contributed by atoms with van der Waals surface area (Å²) in [5, 5.41) is 0. The number of hydrogen-bond acceptors (Lipinski definition) is 3. The minimum absolute atomic E-state index is 0.0421. The third-order valence-corrected chi connectivity index (χ3v) is 4.22. The summed E-state index contributed by atoms with van der Waals surface area (Å²) in [6.07, 6.45) is 0. The fraction of sp³-hybridized carbons (Fsp3) is 0.0769. The van der Waals surface area contributed by atoms with Crippen molar-refractivity contribution in [2.24, 2.45) is 0 Å². The Bertz CT molecular complexity index is 761. The molecule has 2 aromatic rings. The molecule has 0 heterocycles. The maximum absolute atomic E-state index is 13.3. The van der Waals surface area contributed by atoms with Crippen LogP contribution in [0.5, 0.6) is 0 Å². The zero-order valence-electron chi connectivity index (χ0n) is 10.5. The molecule has 0 saturated heterocycles. The van der Waals surface area contributed by atoms with Crippen LogP contribution in [0.3, 0.4) is 0 Å². The molecule has 4 nitrogen and oxygen atoms in total. The molecule has 0 saturated carbocycles. The number of rotatable bonds is 3. The van der Waals surface area contributed by atoms with Crippen molar-refractivity contribution in [3.05, 3.63) is 53.6 Å². The van der Waals surface area contributed by atoms with Gasteiger partial charge in [0.15, 0.2) is 0 Å². The van der Waals surface area contributed by atoms with Gasteiger partial charge in [0.25, 0.3) is 10.0 Å². The van der Waals surface area contributed by atoms with E-state index in [1.54, 1.807) is 0 Å². The van der Waals surface area contributed by atoms with Gasteiger partial charge in [0.05, 0.1) is 16.3 Å². The molecule has 106 valence electrons. The summed E-state index contributed by atoms with van der Waals surface area (Å²) in [6, 6.07) is 6.88. The van der Waals surface area contributed by atoms with Gasteiger partial charge in [-0.1, -0.05) is 0 Å². The number of nitrogens with two attached hydrogens (primary N) is 1. The molecule has 0 aliphatic heterocycles. The number of sulfonamides is 1. The lowest BCUT2D eigenvalue weighted by molar-refractivity contribution is 0.598. The fourth-order valence-electron chi connectivity index (χ4n) is 1.72. The molecule has 0 aliphatic rings. The monoisotopic (exact) mass is 298 g/mol. The highest BCUT2D eigenvalue weighted by atomic mass is 32.2. The number of anilines is 2. The van der Waals surface area contributed by atoms with Crippen LogP contribution in [0.15, 0.2) is 41.3 Å². The molecule has 0 radical (unpaired) electrons. The van der Waals surface area contributed by atoms with Crippen LogP contribution in [0.25, 0.3) is 0 Å². The van der Waals surface area contributed by atoms with Crippen LogP contribution in [0.1, 0.15) is 5.56 Å². The predicted octanol–water partition coefficient (Wildman–Crippen LogP) is 2.66. The Balaban J connectivity index is 2.38. The largest absolute Gasteiger partial charge is 0.396 e. The van der Waals surface area contributed by atoms with Crippen molar-refractivity contribution in [3.63, 3.8) is 0 Å². The molecular formula is C13H12F2N2O2S. The Morgan fingerprint density at radius 2 is 1.80 bits per heavy atom. The summed E-state index contributed by atoms with van der Waals surface area (Å²) in [7, 11) is -3.91. The van der Waals surface area contributed by atoms with Gasteiger partial charge in [0, 0.05) is 6.07 Å². The van der Waals surface area contributed by atoms with E-state index in [0.717, 1.165) is 24.3 Å². The van der Waals surface area contributed by atoms with Crippen LogP contribution in [0, 0.1) is 18.6 Å². The highest BCUT2D eigenvalue weighted by Gasteiger charge is 2.17. The first-order valence-corrected chi connectivity index (χ1v) is 7.12. The van der Waals surface area contributed by atoms with Crippen LogP contribution in [-0.4, -0.2) is 8.42 Å². The molecule has 0 aromatic heterocycles. The Morgan fingerprint density at radius 3 is 2.40 bits per heavy atom. The van der Waals surface area contributed by atoms with Gasteiger partial charge in [-0.15, -0.1) is 0 Å². The van der Waals surface area contributed by atoms with E-state index < -0.39 is 21.7 Å². The van der Waals surface area contributed by atoms with Crippen LogP contribution in [-0.2, 0) is 10.0 Å². The summed E-state index contributed by atoms with van der Waals surface area (Å²) >= 11 is 0. The van der Waals surface area contributed by atoms with E-state index >= 15 is 0 Å². The molecule has 20 heavy (non-hydrogen) atoms. The summed E-state index contributed by atoms with van der Waals surface area (Å²) in [5.41, 5.74) is 5.53. The number of aryl methyl sites for hydroxylation is 1. The van der Waals surface area contributed by atoms with E-state index in [9.17, 15) is 17.2 Å². The zero-order chi connectivity index (χ0) is 14.9. The lowest BCUT2D eigenvalue weighted by atomic mass is 10.2. The molecule has 0 spiro atoms. The van der Waals surface area contributed by atoms with Crippen LogP contribution in [0.4, 0.5) is 20.2 Å². The number of benzene rings is 2. The van der Waals surface area contributed by atoms with Crippen molar-refractivity contribution in [3.8, 4) is 0 Å². The molecule has 2 rings (SSSR count). The van der Waals surface area contributed by atoms with E-state index in [1.165, 1.54) is 19.1 Å². The quantitative estimate of drug-likeness (QED) is 0.856. The van der Waals surface area contributed by atoms with Crippen LogP contribution >= 0.6 is 0 Å². The average Bonchev–Trinajstić information content (AvgIpc) is 2.33. The third kappa shape index (κ3) is 2.88. The maximum atomic E-state index is 13.3. The van der Waals surface area contributed by atoms with Gasteiger partial charge >= 0.3 is 0 Å². The lowest BCUT2D eigenvalue weighted by Gasteiger charge is -2.11. The minimum atomic E-state index is -3.91. The fourth-order valence-corrected chi connectivity index (χ4v) is 2.99. The second-order valence-corrected chi connectivity index (χ2v) is 5.90. The number of nitrogen functional groups attached to an aromatic ring is 1. The van der Waals surface area contributed by atoms with Crippen LogP contribution in [0.2, 0.25) is 0 Å². The predicted molar refractivity (Wildman–Crippen MR) is 72.8 cm³/mol. The van der Waals surface area contributed by atoms with Crippen molar-refractivity contribution < 1.29 is 17.2 Å². The summed E-state index contributed by atoms with van der Waals surface area (Å²) in [6.45, 7) is 1.47. The Kier molecular flexibility index (Phi) is 3.63. The van der Waals surface area contributed by atoms with Gasteiger partial charge < -0.3 is 5.73 Å². The molecule has 0 aliphatic carbocycles. The van der Waals surface area contributed by atoms with Crippen molar-refractivity contribution in [1.82, 2.24) is 0 Å². The van der Waals surface area contributed by atoms with E-state index in [-0.39, 0.29) is 21.8 Å². The smallest absolute Gasteiger partial charge is 0.262 e. The summed E-state index contributed by atoms with van der Waals surface area (Å²) in [4.78, 5) is -0.0730. The highest BCUT2D eigenvalue weighted by molar-refractivity contribution is 7.92. The van der Waals surface area contributed by atoms with E-state index in [1.807, 2.05) is 0 Å². The second-order valence-electron chi connectivity index (χ2n) is 4.25. The first kappa shape index (κ1) is 14.3. The lowest BCUT2D eigenvalue weighted by Crippen LogP contribution is -2.14. The van der Waals surface area contributed by atoms with Crippen molar-refractivity contribution in [1.29, 1.82) is 0 Å². The van der Waals surface area contributed by atoms with E-state index in [0.29, 0.717) is 0 Å². The molecular weight excluding hydrogens is 286 g/mol. The zero-order valence-corrected chi connectivity index (χ0v) is 11.3. The van der Waals surface area contributed by atoms with Gasteiger partial charge in [0.1, 0.15) is 11.6 Å². The van der Waals surface area contributed by atoms with Crippen molar-refractivity contribution in [2.75, 3.05) is 10.5 Å². The van der Waals surface area contributed by atoms with Gasteiger partial charge in [-0.25, -0.2) is 17.2 Å². The number of nitrogens with one attached hydrogen (secondary N) is 1. The first-order valence-electron chi connectivity index (χ1n) is 5.63. The Labute approximate surface area is 115 Å². The van der Waals surface area contributed by atoms with Crippen molar-refractivity contribution in [2.45, 2.75) is 11.8 Å². The Hall–Kier alpha value is -2.15. The van der Waals surface area contributed by atoms with E-state index in [2.05, 4.69) is 4.72 Å². The number of halogens is 2. The van der Waals surface area contributed by atoms with Gasteiger partial charge in [0.2, 0.25) is 0 Å². The van der Waals surface area contributed by atoms with Crippen LogP contribution < -0.4 is 10.5 Å². The molecule has 0 atom stereocenters. The van der Waals surface area contributed by atoms with Gasteiger partial charge in [-0.2, -0.15) is 0 Å². The first-order chi connectivity index (χ1) is 9.29. The molecule has 0 fully saturated rings. The molecule has 0 amide bonds. The summed E-state index contributed by atoms with van der Waals surface area (Å²) in [5.74, 6) is -1.25. The Morgan fingerprint density at radius 1 is 1.10 bits per heavy atom. The molecule has 0 bridgehead atoms. The second kappa shape index (κ2) is 5.09. The standard InChI is InChI=1S/C13H12F2N2O2S/c1-8-6-9(14)2-5-13(8)20(18,19)17-10-3-4-12(16)11(15)7-10/h2-7,17H,16H2,1H3. The highest BCUT2D eigenvalue weighted by Crippen LogP contribution is 2.22. The molecule has 0 unspecified atom stereocenters. The minimum Gasteiger partial charge on any atom is -0.396 e. The number of hydrogen-bond donors (Lipinski definition) is 2. The maximum Gasteiger partial charge on any atom is 0.262 e. The van der Waals surface area contributed by atoms with Gasteiger partial charge in [-0.05, 0) is 42.8 Å². The normalized spacial score (nSPS) is 11.3. The molecule has 3 N–H and O–H groups in total. The van der Waals surface area contributed by atoms with Gasteiger partial charge in [-0.3, -0.25) is 4.72 Å². The SMILES string of the molecule is Cc1cc(F)ccc1S(=O)(=O)Nc1ccc(N)c(F)c1. The summed E-state index contributed by atoms with van der Waals surface area (Å²) < 4.78 is 52.8. The topological polar surface area (TPSA) is 72.2 Å².